The highest BCUT2D eigenvalue weighted by Gasteiger charge is 2.25. The maximum atomic E-state index is 13.0. The molecule has 2 aromatic carbocycles. The molecule has 1 aliphatic rings. The summed E-state index contributed by atoms with van der Waals surface area (Å²) in [6, 6.07) is 11.5. The van der Waals surface area contributed by atoms with Crippen molar-refractivity contribution in [3.8, 4) is 5.75 Å². The summed E-state index contributed by atoms with van der Waals surface area (Å²) in [5, 5.41) is 0. The minimum absolute atomic E-state index is 0.0110. The topological polar surface area (TPSA) is 134 Å². The molecule has 0 spiro atoms. The lowest BCUT2D eigenvalue weighted by atomic mass is 10.0. The van der Waals surface area contributed by atoms with Crippen molar-refractivity contribution in [2.75, 3.05) is 40.0 Å². The molecule has 32 heavy (non-hydrogen) atoms. The molecule has 1 fully saturated rings. The lowest BCUT2D eigenvalue weighted by Crippen LogP contribution is -2.43. The fourth-order valence-electron chi connectivity index (χ4n) is 3.71. The molecule has 10 nitrogen and oxygen atoms in total. The fraction of sp³-hybridized carbons (Fsp3) is 0.333. The maximum absolute atomic E-state index is 13.0. The molecule has 0 saturated carbocycles. The number of methoxy groups -OCH3 is 1. The van der Waals surface area contributed by atoms with Gasteiger partial charge in [-0.2, -0.15) is 0 Å². The predicted octanol–water partition coefficient (Wildman–Crippen LogP) is 0.577. The molecule has 1 saturated heterocycles. The molecule has 3 N–H and O–H groups in total. The van der Waals surface area contributed by atoms with Gasteiger partial charge >= 0.3 is 11.1 Å². The molecule has 3 aromatic rings. The molecule has 170 valence electrons. The van der Waals surface area contributed by atoms with Gasteiger partial charge in [0, 0.05) is 25.7 Å². The van der Waals surface area contributed by atoms with Crippen molar-refractivity contribution in [2.45, 2.75) is 10.9 Å². The van der Waals surface area contributed by atoms with Gasteiger partial charge < -0.3 is 19.4 Å². The molecular formula is C21H24N4O6S. The van der Waals surface area contributed by atoms with E-state index in [4.69, 9.17) is 9.47 Å². The molecule has 1 aliphatic heterocycles. The van der Waals surface area contributed by atoms with E-state index >= 15 is 0 Å². The smallest absolute Gasteiger partial charge is 0.314 e. The molecule has 1 atom stereocenters. The Bertz CT molecular complexity index is 1310. The highest BCUT2D eigenvalue weighted by molar-refractivity contribution is 7.89. The number of benzene rings is 2. The number of hydrogen-bond acceptors (Lipinski definition) is 7. The SMILES string of the molecule is COc1ccc(C(CNS(=O)(=O)c2ccc3[nH]c(=O)c(=O)[nH]c3c2)N2CCOCC2)cc1. The van der Waals surface area contributed by atoms with E-state index in [2.05, 4.69) is 19.6 Å². The van der Waals surface area contributed by atoms with Crippen LogP contribution >= 0.6 is 0 Å². The van der Waals surface area contributed by atoms with Gasteiger partial charge in [-0.15, -0.1) is 0 Å². The summed E-state index contributed by atoms with van der Waals surface area (Å²) in [5.74, 6) is 0.721. The number of nitrogens with one attached hydrogen (secondary N) is 3. The Morgan fingerprint density at radius 3 is 2.34 bits per heavy atom. The number of ether oxygens (including phenoxy) is 2. The van der Waals surface area contributed by atoms with E-state index in [1.54, 1.807) is 7.11 Å². The van der Waals surface area contributed by atoms with E-state index in [-0.39, 0.29) is 23.0 Å². The molecule has 11 heteroatoms. The lowest BCUT2D eigenvalue weighted by molar-refractivity contribution is 0.0172. The Balaban J connectivity index is 1.59. The summed E-state index contributed by atoms with van der Waals surface area (Å²) in [5.41, 5.74) is -0.0999. The zero-order valence-electron chi connectivity index (χ0n) is 17.5. The number of morpholine rings is 1. The fourth-order valence-corrected chi connectivity index (χ4v) is 4.77. The van der Waals surface area contributed by atoms with E-state index in [0.717, 1.165) is 11.3 Å². The van der Waals surface area contributed by atoms with Crippen molar-refractivity contribution in [1.82, 2.24) is 19.6 Å². The van der Waals surface area contributed by atoms with Crippen LogP contribution in [0.5, 0.6) is 5.75 Å². The number of nitrogens with zero attached hydrogens (tertiary/aromatic N) is 1. The van der Waals surface area contributed by atoms with Crippen LogP contribution in [0.1, 0.15) is 11.6 Å². The molecule has 0 aliphatic carbocycles. The van der Waals surface area contributed by atoms with Crippen molar-refractivity contribution in [3.05, 3.63) is 68.7 Å². The van der Waals surface area contributed by atoms with Crippen LogP contribution in [0.15, 0.2) is 56.9 Å². The van der Waals surface area contributed by atoms with Gasteiger partial charge in [0.25, 0.3) is 0 Å². The Morgan fingerprint density at radius 2 is 1.69 bits per heavy atom. The Morgan fingerprint density at radius 1 is 1.03 bits per heavy atom. The van der Waals surface area contributed by atoms with Crippen LogP contribution in [-0.4, -0.2) is 63.2 Å². The van der Waals surface area contributed by atoms with Gasteiger partial charge in [0.2, 0.25) is 10.0 Å². The highest BCUT2D eigenvalue weighted by atomic mass is 32.2. The number of aromatic nitrogens is 2. The summed E-state index contributed by atoms with van der Waals surface area (Å²) in [4.78, 5) is 30.0. The second kappa shape index (κ2) is 9.25. The molecule has 0 radical (unpaired) electrons. The third-order valence-electron chi connectivity index (χ3n) is 5.46. The lowest BCUT2D eigenvalue weighted by Gasteiger charge is -2.35. The third-order valence-corrected chi connectivity index (χ3v) is 6.88. The summed E-state index contributed by atoms with van der Waals surface area (Å²) in [6.07, 6.45) is 0. The van der Waals surface area contributed by atoms with Crippen LogP contribution in [0.2, 0.25) is 0 Å². The Kier molecular flexibility index (Phi) is 6.42. The molecule has 0 bridgehead atoms. The molecule has 4 rings (SSSR count). The van der Waals surface area contributed by atoms with Crippen molar-refractivity contribution in [3.63, 3.8) is 0 Å². The van der Waals surface area contributed by atoms with Gasteiger partial charge in [-0.25, -0.2) is 13.1 Å². The van der Waals surface area contributed by atoms with Crippen LogP contribution in [-0.2, 0) is 14.8 Å². The van der Waals surface area contributed by atoms with E-state index in [0.29, 0.717) is 31.8 Å². The van der Waals surface area contributed by atoms with Crippen molar-refractivity contribution < 1.29 is 17.9 Å². The number of rotatable bonds is 7. The van der Waals surface area contributed by atoms with Gasteiger partial charge in [-0.1, -0.05) is 12.1 Å². The summed E-state index contributed by atoms with van der Waals surface area (Å²) in [6.45, 7) is 2.67. The first kappa shape index (κ1) is 22.2. The average Bonchev–Trinajstić information content (AvgIpc) is 2.80. The minimum Gasteiger partial charge on any atom is -0.497 e. The van der Waals surface area contributed by atoms with E-state index < -0.39 is 21.1 Å². The Hall–Kier alpha value is -2.99. The van der Waals surface area contributed by atoms with Crippen LogP contribution < -0.4 is 20.6 Å². The van der Waals surface area contributed by atoms with Gasteiger partial charge in [0.1, 0.15) is 5.75 Å². The van der Waals surface area contributed by atoms with E-state index in [9.17, 15) is 18.0 Å². The number of hydrogen-bond donors (Lipinski definition) is 3. The standard InChI is InChI=1S/C21H24N4O6S/c1-30-15-4-2-14(3-5-15)19(25-8-10-31-11-9-25)13-22-32(28,29)16-6-7-17-18(12-16)24-21(27)20(26)23-17/h2-7,12,19,22H,8-11,13H2,1H3,(H,23,26)(H,24,27). The van der Waals surface area contributed by atoms with Crippen LogP contribution in [0.4, 0.5) is 0 Å². The van der Waals surface area contributed by atoms with Crippen LogP contribution in [0.25, 0.3) is 11.0 Å². The average molecular weight is 461 g/mol. The first-order chi connectivity index (χ1) is 15.4. The molecular weight excluding hydrogens is 436 g/mol. The third kappa shape index (κ3) is 4.75. The largest absolute Gasteiger partial charge is 0.497 e. The Labute approximate surface area is 184 Å². The molecule has 0 amide bonds. The second-order valence-corrected chi connectivity index (χ2v) is 9.17. The monoisotopic (exact) mass is 460 g/mol. The molecule has 1 aromatic heterocycles. The van der Waals surface area contributed by atoms with Crippen LogP contribution in [0, 0.1) is 0 Å². The zero-order chi connectivity index (χ0) is 22.7. The second-order valence-electron chi connectivity index (χ2n) is 7.40. The highest BCUT2D eigenvalue weighted by Crippen LogP contribution is 2.24. The molecule has 1 unspecified atom stereocenters. The van der Waals surface area contributed by atoms with E-state index in [1.807, 2.05) is 24.3 Å². The van der Waals surface area contributed by atoms with Crippen LogP contribution in [0.3, 0.4) is 0 Å². The quantitative estimate of drug-likeness (QED) is 0.439. The normalized spacial score (nSPS) is 16.2. The number of aromatic amines is 2. The summed E-state index contributed by atoms with van der Waals surface area (Å²) >= 11 is 0. The first-order valence-electron chi connectivity index (χ1n) is 10.1. The number of fused-ring (bicyclic) bond motifs is 1. The summed E-state index contributed by atoms with van der Waals surface area (Å²) < 4.78 is 39.4. The van der Waals surface area contributed by atoms with Gasteiger partial charge in [-0.05, 0) is 35.9 Å². The molecule has 2 heterocycles. The summed E-state index contributed by atoms with van der Waals surface area (Å²) in [7, 11) is -2.28. The zero-order valence-corrected chi connectivity index (χ0v) is 18.3. The van der Waals surface area contributed by atoms with Gasteiger partial charge in [0.05, 0.1) is 36.3 Å². The van der Waals surface area contributed by atoms with Gasteiger partial charge in [-0.3, -0.25) is 14.5 Å². The van der Waals surface area contributed by atoms with E-state index in [1.165, 1.54) is 18.2 Å². The van der Waals surface area contributed by atoms with Gasteiger partial charge in [0.15, 0.2) is 0 Å². The van der Waals surface area contributed by atoms with Crippen molar-refractivity contribution in [1.29, 1.82) is 0 Å². The predicted molar refractivity (Wildman–Crippen MR) is 119 cm³/mol. The van der Waals surface area contributed by atoms with Crippen molar-refractivity contribution >= 4 is 21.1 Å². The van der Waals surface area contributed by atoms with Crippen molar-refractivity contribution in [2.24, 2.45) is 0 Å². The maximum Gasteiger partial charge on any atom is 0.314 e. The number of H-pyrrole nitrogens is 2. The number of sulfonamides is 1. The first-order valence-corrected chi connectivity index (χ1v) is 11.6. The minimum atomic E-state index is -3.88.